The largest absolute Gasteiger partial charge is 0.638 e. The zero-order valence-corrected chi connectivity index (χ0v) is 19.1. The number of carbonyl (C=O) groups is 2. The molecule has 0 aliphatic rings. The summed E-state index contributed by atoms with van der Waals surface area (Å²) in [5.74, 6) is -1.19. The molecule has 27 heavy (non-hydrogen) atoms. The van der Waals surface area contributed by atoms with Crippen molar-refractivity contribution in [3.63, 3.8) is 0 Å². The van der Waals surface area contributed by atoms with Crippen LogP contribution in [-0.2, 0) is 13.3 Å². The number of carbonyl (C=O) groups excluding carboxylic acids is 1. The van der Waals surface area contributed by atoms with E-state index in [4.69, 9.17) is 18.0 Å². The van der Waals surface area contributed by atoms with Crippen LogP contribution < -0.4 is 4.74 Å². The Morgan fingerprint density at radius 3 is 2.07 bits per heavy atom. The lowest BCUT2D eigenvalue weighted by Crippen LogP contribution is -2.64. The second kappa shape index (κ2) is 11.6. The number of aromatic carboxylic acids is 1. The van der Waals surface area contributed by atoms with E-state index in [0.717, 1.165) is 0 Å². The highest BCUT2D eigenvalue weighted by molar-refractivity contribution is 14.1. The number of carboxylic acids is 1. The molecule has 0 aliphatic heterocycles. The van der Waals surface area contributed by atoms with Crippen LogP contribution in [0, 0.1) is 3.57 Å². The number of amides is 1. The maximum atomic E-state index is 13.0. The first kappa shape index (κ1) is 23.8. The van der Waals surface area contributed by atoms with Crippen molar-refractivity contribution in [1.29, 1.82) is 0 Å². The maximum Gasteiger partial charge on any atom is 0.638 e. The molecule has 152 valence electrons. The number of carboxylic acid groups (broad SMARTS) is 1. The van der Waals surface area contributed by atoms with Crippen LogP contribution in [0.4, 0.5) is 4.79 Å². The van der Waals surface area contributed by atoms with Crippen molar-refractivity contribution in [2.24, 2.45) is 0 Å². The zero-order chi connectivity index (χ0) is 20.4. The topological polar surface area (TPSA) is 94.5 Å². The van der Waals surface area contributed by atoms with E-state index in [1.807, 2.05) is 29.5 Å². The number of hydrogen-bond donors (Lipinski definition) is 1. The Labute approximate surface area is 174 Å². The van der Waals surface area contributed by atoms with Gasteiger partial charge in [-0.2, -0.15) is 0 Å². The standard InChI is InChI=1S/C17H26INO7Si/c1-5-12-19(27(23-6-2,24-7-3)25-8-4)17(22)26-15-13(16(20)21)10-9-11-14(15)18/h9-11H,5-8,12H2,1-4H3,(H,20,21). The minimum absolute atomic E-state index is 0.0101. The third kappa shape index (κ3) is 6.14. The van der Waals surface area contributed by atoms with Gasteiger partial charge in [-0.1, -0.05) is 13.0 Å². The molecule has 0 heterocycles. The molecule has 1 aromatic carbocycles. The Bertz CT molecular complexity index is 627. The van der Waals surface area contributed by atoms with Crippen molar-refractivity contribution in [1.82, 2.24) is 4.57 Å². The predicted molar refractivity (Wildman–Crippen MR) is 110 cm³/mol. The van der Waals surface area contributed by atoms with Gasteiger partial charge in [-0.05, 0) is 61.9 Å². The number of rotatable bonds is 11. The molecule has 0 aromatic heterocycles. The van der Waals surface area contributed by atoms with Crippen molar-refractivity contribution in [3.05, 3.63) is 27.3 Å². The normalized spacial score (nSPS) is 11.3. The summed E-state index contributed by atoms with van der Waals surface area (Å²) in [5, 5.41) is 9.38. The minimum Gasteiger partial charge on any atom is -0.478 e. The fourth-order valence-corrected chi connectivity index (χ4v) is 5.58. The van der Waals surface area contributed by atoms with E-state index >= 15 is 0 Å². The van der Waals surface area contributed by atoms with Crippen molar-refractivity contribution in [3.8, 4) is 5.75 Å². The van der Waals surface area contributed by atoms with E-state index in [-0.39, 0.29) is 17.9 Å². The Hall–Kier alpha value is -1.21. The minimum atomic E-state index is -3.52. The van der Waals surface area contributed by atoms with Crippen LogP contribution >= 0.6 is 22.6 Å². The molecular formula is C17H26INO7Si. The van der Waals surface area contributed by atoms with Crippen LogP contribution in [0.5, 0.6) is 5.75 Å². The summed E-state index contributed by atoms with van der Waals surface area (Å²) in [5.41, 5.74) is -0.0943. The average molecular weight is 511 g/mol. The fraction of sp³-hybridized carbons (Fsp3) is 0.529. The van der Waals surface area contributed by atoms with Crippen LogP contribution in [0.15, 0.2) is 18.2 Å². The van der Waals surface area contributed by atoms with E-state index < -0.39 is 21.0 Å². The molecule has 1 rings (SSSR count). The Balaban J connectivity index is 3.30. The van der Waals surface area contributed by atoms with Gasteiger partial charge in [0.05, 0.1) is 3.57 Å². The molecule has 8 nitrogen and oxygen atoms in total. The molecule has 1 amide bonds. The van der Waals surface area contributed by atoms with Gasteiger partial charge in [-0.25, -0.2) is 9.59 Å². The Morgan fingerprint density at radius 2 is 1.63 bits per heavy atom. The molecular weight excluding hydrogens is 485 g/mol. The second-order valence-electron chi connectivity index (χ2n) is 5.26. The SMILES string of the molecule is CCCN(C(=O)Oc1c(I)cccc1C(=O)O)[Si](OCC)(OCC)OCC. The molecule has 0 bridgehead atoms. The third-order valence-electron chi connectivity index (χ3n) is 3.37. The van der Waals surface area contributed by atoms with Crippen LogP contribution in [0.1, 0.15) is 44.5 Å². The van der Waals surface area contributed by atoms with Gasteiger partial charge >= 0.3 is 21.0 Å². The smallest absolute Gasteiger partial charge is 0.478 e. The molecule has 1 aromatic rings. The van der Waals surface area contributed by atoms with Gasteiger partial charge in [-0.3, -0.25) is 4.57 Å². The molecule has 0 unspecified atom stereocenters. The highest BCUT2D eigenvalue weighted by atomic mass is 127. The van der Waals surface area contributed by atoms with Gasteiger partial charge in [0.2, 0.25) is 0 Å². The van der Waals surface area contributed by atoms with E-state index in [9.17, 15) is 14.7 Å². The summed E-state index contributed by atoms with van der Waals surface area (Å²) in [6, 6.07) is 4.64. The molecule has 0 fully saturated rings. The number of para-hydroxylation sites is 1. The number of nitrogens with zero attached hydrogens (tertiary/aromatic N) is 1. The van der Waals surface area contributed by atoms with Crippen molar-refractivity contribution < 1.29 is 32.7 Å². The molecule has 1 N–H and O–H groups in total. The lowest BCUT2D eigenvalue weighted by Gasteiger charge is -2.36. The first-order valence-corrected chi connectivity index (χ1v) is 11.5. The van der Waals surface area contributed by atoms with Gasteiger partial charge in [0.25, 0.3) is 0 Å². The van der Waals surface area contributed by atoms with Crippen LogP contribution in [-0.4, -0.2) is 57.1 Å². The third-order valence-corrected chi connectivity index (χ3v) is 7.24. The van der Waals surface area contributed by atoms with Crippen molar-refractivity contribution >= 4 is 43.6 Å². The molecule has 0 saturated heterocycles. The van der Waals surface area contributed by atoms with Crippen molar-refractivity contribution in [2.75, 3.05) is 26.4 Å². The van der Waals surface area contributed by atoms with Gasteiger partial charge < -0.3 is 23.1 Å². The predicted octanol–water partition coefficient (Wildman–Crippen LogP) is 3.75. The molecule has 0 saturated carbocycles. The van der Waals surface area contributed by atoms with E-state index in [1.54, 1.807) is 32.9 Å². The van der Waals surface area contributed by atoms with Gasteiger partial charge in [-0.15, -0.1) is 0 Å². The molecule has 10 heteroatoms. The first-order chi connectivity index (χ1) is 12.9. The fourth-order valence-electron chi connectivity index (χ4n) is 2.39. The average Bonchev–Trinajstić information content (AvgIpc) is 2.61. The summed E-state index contributed by atoms with van der Waals surface area (Å²) in [6.07, 6.45) is -0.139. The highest BCUT2D eigenvalue weighted by Crippen LogP contribution is 2.28. The molecule has 0 atom stereocenters. The van der Waals surface area contributed by atoms with Crippen LogP contribution in [0.2, 0.25) is 0 Å². The lowest BCUT2D eigenvalue weighted by molar-refractivity contribution is 0.0210. The monoisotopic (exact) mass is 511 g/mol. The number of ether oxygens (including phenoxy) is 1. The van der Waals surface area contributed by atoms with Crippen LogP contribution in [0.25, 0.3) is 0 Å². The van der Waals surface area contributed by atoms with E-state index in [0.29, 0.717) is 29.8 Å². The Kier molecular flexibility index (Phi) is 10.2. The quantitative estimate of drug-likeness (QED) is 0.357. The maximum absolute atomic E-state index is 13.0. The van der Waals surface area contributed by atoms with E-state index in [2.05, 4.69) is 0 Å². The van der Waals surface area contributed by atoms with E-state index in [1.165, 1.54) is 10.6 Å². The molecule has 0 spiro atoms. The lowest BCUT2D eigenvalue weighted by atomic mass is 10.2. The summed E-state index contributed by atoms with van der Waals surface area (Å²) >= 11 is 1.93. The summed E-state index contributed by atoms with van der Waals surface area (Å²) in [4.78, 5) is 24.5. The molecule has 0 aliphatic carbocycles. The van der Waals surface area contributed by atoms with Gasteiger partial charge in [0, 0.05) is 26.4 Å². The Morgan fingerprint density at radius 1 is 1.07 bits per heavy atom. The summed E-state index contributed by atoms with van der Waals surface area (Å²) in [7, 11) is -3.52. The highest BCUT2D eigenvalue weighted by Gasteiger charge is 2.52. The van der Waals surface area contributed by atoms with Crippen molar-refractivity contribution in [2.45, 2.75) is 34.1 Å². The van der Waals surface area contributed by atoms with Gasteiger partial charge in [0.15, 0.2) is 5.75 Å². The van der Waals surface area contributed by atoms with Crippen LogP contribution in [0.3, 0.4) is 0 Å². The summed E-state index contributed by atoms with van der Waals surface area (Å²) in [6.45, 7) is 8.44. The van der Waals surface area contributed by atoms with Gasteiger partial charge in [0.1, 0.15) is 5.56 Å². The summed E-state index contributed by atoms with van der Waals surface area (Å²) < 4.78 is 24.7. The number of hydrogen-bond acceptors (Lipinski definition) is 6. The first-order valence-electron chi connectivity index (χ1n) is 8.79. The molecule has 0 radical (unpaired) electrons. The zero-order valence-electron chi connectivity index (χ0n) is 16.0. The number of halogens is 1. The number of benzene rings is 1. The second-order valence-corrected chi connectivity index (χ2v) is 8.88.